The molecular weight excluding hydrogens is 296 g/mol. The van der Waals surface area contributed by atoms with Gasteiger partial charge in [0.2, 0.25) is 5.91 Å². The molecule has 0 saturated carbocycles. The topological polar surface area (TPSA) is 32.3 Å². The number of benzene rings is 1. The lowest BCUT2D eigenvalue weighted by atomic mass is 9.77. The van der Waals surface area contributed by atoms with Crippen LogP contribution in [0.4, 0.5) is 0 Å². The number of carbonyl (C=O) groups excluding carboxylic acids is 1. The largest absolute Gasteiger partial charge is 0.345 e. The third-order valence-electron chi connectivity index (χ3n) is 4.62. The molecule has 4 heteroatoms. The zero-order chi connectivity index (χ0) is 16.4. The number of rotatable bonds is 3. The molecule has 0 aliphatic carbocycles. The summed E-state index contributed by atoms with van der Waals surface area (Å²) in [6, 6.07) is 8.65. The Labute approximate surface area is 139 Å². The average molecular weight is 323 g/mol. The fourth-order valence-electron chi connectivity index (χ4n) is 3.07. The number of alkyl halides is 1. The molecule has 0 spiro atoms. The predicted octanol–water partition coefficient (Wildman–Crippen LogP) is 3.26. The highest BCUT2D eigenvalue weighted by Gasteiger charge is 2.37. The van der Waals surface area contributed by atoms with Gasteiger partial charge in [-0.05, 0) is 36.4 Å². The van der Waals surface area contributed by atoms with E-state index in [4.69, 9.17) is 11.6 Å². The number of hydrogen-bond acceptors (Lipinski definition) is 2. The van der Waals surface area contributed by atoms with E-state index in [1.54, 1.807) is 0 Å². The van der Waals surface area contributed by atoms with Gasteiger partial charge >= 0.3 is 0 Å². The first-order chi connectivity index (χ1) is 10.3. The Morgan fingerprint density at radius 1 is 1.32 bits per heavy atom. The Kier molecular flexibility index (Phi) is 5.18. The van der Waals surface area contributed by atoms with E-state index < -0.39 is 0 Å². The highest BCUT2D eigenvalue weighted by atomic mass is 35.5. The molecule has 0 unspecified atom stereocenters. The van der Waals surface area contributed by atoms with Crippen molar-refractivity contribution in [3.05, 3.63) is 35.4 Å². The summed E-state index contributed by atoms with van der Waals surface area (Å²) in [6.07, 6.45) is 1.83. The molecule has 1 heterocycles. The van der Waals surface area contributed by atoms with E-state index >= 15 is 0 Å². The highest BCUT2D eigenvalue weighted by Crippen LogP contribution is 2.35. The smallest absolute Gasteiger partial charge is 0.235 e. The van der Waals surface area contributed by atoms with E-state index in [1.165, 1.54) is 11.1 Å². The molecule has 22 heavy (non-hydrogen) atoms. The number of halogens is 1. The Morgan fingerprint density at radius 2 is 1.95 bits per heavy atom. The molecule has 1 aromatic rings. The van der Waals surface area contributed by atoms with E-state index in [-0.39, 0.29) is 22.7 Å². The van der Waals surface area contributed by atoms with Gasteiger partial charge in [-0.3, -0.25) is 4.79 Å². The molecule has 3 nitrogen and oxygen atoms in total. The van der Waals surface area contributed by atoms with E-state index in [9.17, 15) is 4.79 Å². The summed E-state index contributed by atoms with van der Waals surface area (Å²) in [5.41, 5.74) is 2.30. The second-order valence-corrected chi connectivity index (χ2v) is 7.67. The molecule has 0 aromatic heterocycles. The van der Waals surface area contributed by atoms with Crippen molar-refractivity contribution >= 4 is 17.5 Å². The molecule has 1 saturated heterocycles. The number of likely N-dealkylation sites (tertiary alicyclic amines) is 1. The van der Waals surface area contributed by atoms with Crippen molar-refractivity contribution in [1.29, 1.82) is 0 Å². The number of nitrogens with one attached hydrogen (secondary N) is 1. The van der Waals surface area contributed by atoms with Crippen molar-refractivity contribution in [2.45, 2.75) is 44.6 Å². The van der Waals surface area contributed by atoms with Gasteiger partial charge in [-0.1, -0.05) is 45.0 Å². The minimum absolute atomic E-state index is 0.0105. The average Bonchev–Trinajstić information content (AvgIpc) is 2.49. The SMILES string of the molecule is CN1CCC(NC(=O)CCl)(c2cccc(C(C)(C)C)c2)CC1. The van der Waals surface area contributed by atoms with Gasteiger partial charge in [0, 0.05) is 13.1 Å². The van der Waals surface area contributed by atoms with Crippen molar-refractivity contribution in [3.63, 3.8) is 0 Å². The van der Waals surface area contributed by atoms with Gasteiger partial charge in [0.25, 0.3) is 0 Å². The number of piperidine rings is 1. The summed E-state index contributed by atoms with van der Waals surface area (Å²) in [5, 5.41) is 3.20. The van der Waals surface area contributed by atoms with Gasteiger partial charge in [-0.2, -0.15) is 0 Å². The van der Waals surface area contributed by atoms with Crippen molar-refractivity contribution < 1.29 is 4.79 Å². The third kappa shape index (κ3) is 3.82. The van der Waals surface area contributed by atoms with Crippen molar-refractivity contribution in [2.75, 3.05) is 26.0 Å². The molecule has 0 bridgehead atoms. The summed E-state index contributed by atoms with van der Waals surface area (Å²) >= 11 is 5.73. The molecular formula is C18H27ClN2O. The summed E-state index contributed by atoms with van der Waals surface area (Å²) in [6.45, 7) is 8.59. The zero-order valence-electron chi connectivity index (χ0n) is 14.1. The standard InChI is InChI=1S/C18H27ClN2O/c1-17(2,3)14-6-5-7-15(12-14)18(20-16(22)13-19)8-10-21(4)11-9-18/h5-7,12H,8-11,13H2,1-4H3,(H,20,22). The van der Waals surface area contributed by atoms with Gasteiger partial charge in [0.05, 0.1) is 5.54 Å². The van der Waals surface area contributed by atoms with Gasteiger partial charge in [-0.15, -0.1) is 11.6 Å². The van der Waals surface area contributed by atoms with Crippen LogP contribution in [0.15, 0.2) is 24.3 Å². The van der Waals surface area contributed by atoms with Crippen LogP contribution < -0.4 is 5.32 Å². The molecule has 1 N–H and O–H groups in total. The van der Waals surface area contributed by atoms with Crippen molar-refractivity contribution in [2.24, 2.45) is 0 Å². The Balaban J connectivity index is 2.39. The summed E-state index contributed by atoms with van der Waals surface area (Å²) < 4.78 is 0. The number of nitrogens with zero attached hydrogens (tertiary/aromatic N) is 1. The first-order valence-corrected chi connectivity index (χ1v) is 8.47. The first-order valence-electron chi connectivity index (χ1n) is 7.93. The second kappa shape index (κ2) is 6.59. The minimum atomic E-state index is -0.292. The molecule has 2 rings (SSSR count). The Bertz CT molecular complexity index is 528. The minimum Gasteiger partial charge on any atom is -0.345 e. The lowest BCUT2D eigenvalue weighted by Crippen LogP contribution is -2.52. The van der Waals surface area contributed by atoms with E-state index in [2.05, 4.69) is 62.3 Å². The molecule has 122 valence electrons. The summed E-state index contributed by atoms with van der Waals surface area (Å²) in [5.74, 6) is -0.0799. The zero-order valence-corrected chi connectivity index (χ0v) is 14.8. The molecule has 1 aliphatic rings. The lowest BCUT2D eigenvalue weighted by molar-refractivity contribution is -0.121. The van der Waals surface area contributed by atoms with E-state index in [0.29, 0.717) is 0 Å². The fraction of sp³-hybridized carbons (Fsp3) is 0.611. The monoisotopic (exact) mass is 322 g/mol. The van der Waals surface area contributed by atoms with Crippen LogP contribution in [0, 0.1) is 0 Å². The number of carbonyl (C=O) groups is 1. The van der Waals surface area contributed by atoms with Crippen LogP contribution in [0.3, 0.4) is 0 Å². The normalized spacial score (nSPS) is 19.0. The Morgan fingerprint density at radius 3 is 2.50 bits per heavy atom. The van der Waals surface area contributed by atoms with Crippen LogP contribution in [-0.4, -0.2) is 36.8 Å². The van der Waals surface area contributed by atoms with Gasteiger partial charge in [-0.25, -0.2) is 0 Å². The van der Waals surface area contributed by atoms with Crippen LogP contribution >= 0.6 is 11.6 Å². The molecule has 1 amide bonds. The second-order valence-electron chi connectivity index (χ2n) is 7.40. The number of amides is 1. The van der Waals surface area contributed by atoms with E-state index in [1.807, 2.05) is 0 Å². The first kappa shape index (κ1) is 17.3. The predicted molar refractivity (Wildman–Crippen MR) is 92.4 cm³/mol. The van der Waals surface area contributed by atoms with Crippen molar-refractivity contribution in [3.8, 4) is 0 Å². The molecule has 1 aliphatic heterocycles. The maximum absolute atomic E-state index is 12.0. The van der Waals surface area contributed by atoms with Crippen LogP contribution in [0.5, 0.6) is 0 Å². The van der Waals surface area contributed by atoms with Gasteiger partial charge in [0.15, 0.2) is 0 Å². The summed E-state index contributed by atoms with van der Waals surface area (Å²) in [7, 11) is 2.12. The quantitative estimate of drug-likeness (QED) is 0.866. The van der Waals surface area contributed by atoms with Gasteiger partial charge < -0.3 is 10.2 Å². The van der Waals surface area contributed by atoms with Crippen LogP contribution in [0.1, 0.15) is 44.7 Å². The van der Waals surface area contributed by atoms with Crippen molar-refractivity contribution in [1.82, 2.24) is 10.2 Å². The lowest BCUT2D eigenvalue weighted by Gasteiger charge is -2.42. The van der Waals surface area contributed by atoms with E-state index in [0.717, 1.165) is 25.9 Å². The van der Waals surface area contributed by atoms with Crippen LogP contribution in [0.2, 0.25) is 0 Å². The Hall–Kier alpha value is -1.06. The fourth-order valence-corrected chi connectivity index (χ4v) is 3.14. The van der Waals surface area contributed by atoms with Crippen LogP contribution in [0.25, 0.3) is 0 Å². The molecule has 1 fully saturated rings. The maximum Gasteiger partial charge on any atom is 0.235 e. The third-order valence-corrected chi connectivity index (χ3v) is 4.86. The maximum atomic E-state index is 12.0. The summed E-state index contributed by atoms with van der Waals surface area (Å²) in [4.78, 5) is 14.3. The van der Waals surface area contributed by atoms with Gasteiger partial charge in [0.1, 0.15) is 5.88 Å². The highest BCUT2D eigenvalue weighted by molar-refractivity contribution is 6.27. The molecule has 1 aromatic carbocycles. The molecule has 0 atom stereocenters. The number of hydrogen-bond donors (Lipinski definition) is 1. The van der Waals surface area contributed by atoms with Crippen LogP contribution in [-0.2, 0) is 15.7 Å². The molecule has 0 radical (unpaired) electrons.